The van der Waals surface area contributed by atoms with E-state index < -0.39 is 24.9 Å². The maximum atomic E-state index is 11.7. The third-order valence-electron chi connectivity index (χ3n) is 2.85. The maximum absolute atomic E-state index is 11.7. The molecule has 1 saturated heterocycles. The molecule has 1 aliphatic heterocycles. The highest BCUT2D eigenvalue weighted by atomic mass is 19.4. The van der Waals surface area contributed by atoms with E-state index in [2.05, 4.69) is 4.74 Å². The molecule has 7 heteroatoms. The minimum atomic E-state index is -4.62. The molecule has 1 heterocycles. The van der Waals surface area contributed by atoms with Gasteiger partial charge in [-0.05, 0) is 19.9 Å². The van der Waals surface area contributed by atoms with E-state index in [0.29, 0.717) is 13.0 Å². The van der Waals surface area contributed by atoms with Gasteiger partial charge in [0.2, 0.25) is 0 Å². The van der Waals surface area contributed by atoms with E-state index in [-0.39, 0.29) is 12.6 Å². The molecular formula is C9H14F3NO3. The first kappa shape index (κ1) is 13.2. The summed E-state index contributed by atoms with van der Waals surface area (Å²) in [5.74, 6) is -1.39. The van der Waals surface area contributed by atoms with Crippen LogP contribution >= 0.6 is 0 Å². The first-order valence-electron chi connectivity index (χ1n) is 4.99. The molecule has 0 aromatic carbocycles. The molecule has 1 aliphatic rings. The number of aliphatic carboxylic acids is 1. The molecule has 0 radical (unpaired) electrons. The first-order chi connectivity index (χ1) is 7.31. The van der Waals surface area contributed by atoms with Gasteiger partial charge in [0.05, 0.1) is 12.5 Å². The van der Waals surface area contributed by atoms with Gasteiger partial charge in [-0.1, -0.05) is 0 Å². The van der Waals surface area contributed by atoms with Gasteiger partial charge in [-0.25, -0.2) is 0 Å². The summed E-state index contributed by atoms with van der Waals surface area (Å²) < 4.78 is 38.7. The first-order valence-corrected chi connectivity index (χ1v) is 4.99. The van der Waals surface area contributed by atoms with Crippen LogP contribution in [0.4, 0.5) is 13.2 Å². The molecular weight excluding hydrogens is 227 g/mol. The van der Waals surface area contributed by atoms with Gasteiger partial charge >= 0.3 is 12.3 Å². The monoisotopic (exact) mass is 241 g/mol. The predicted octanol–water partition coefficient (Wildman–Crippen LogP) is 1.32. The van der Waals surface area contributed by atoms with Crippen LogP contribution in [0, 0.1) is 5.92 Å². The second-order valence-electron chi connectivity index (χ2n) is 3.80. The molecule has 94 valence electrons. The number of halogens is 3. The van der Waals surface area contributed by atoms with Gasteiger partial charge in [-0.2, -0.15) is 0 Å². The highest BCUT2D eigenvalue weighted by Crippen LogP contribution is 2.24. The lowest BCUT2D eigenvalue weighted by Gasteiger charge is -2.22. The van der Waals surface area contributed by atoms with E-state index in [1.54, 1.807) is 11.8 Å². The molecule has 0 aromatic heterocycles. The van der Waals surface area contributed by atoms with Crippen LogP contribution in [0.1, 0.15) is 13.3 Å². The van der Waals surface area contributed by atoms with Crippen LogP contribution in [-0.4, -0.2) is 48.1 Å². The van der Waals surface area contributed by atoms with Crippen molar-refractivity contribution in [1.82, 2.24) is 4.90 Å². The lowest BCUT2D eigenvalue weighted by molar-refractivity contribution is -0.325. The molecule has 1 fully saturated rings. The molecule has 1 rings (SSSR count). The molecule has 1 N–H and O–H groups in total. The summed E-state index contributed by atoms with van der Waals surface area (Å²) in [6, 6.07) is -0.241. The van der Waals surface area contributed by atoms with E-state index in [1.807, 2.05) is 0 Å². The summed E-state index contributed by atoms with van der Waals surface area (Å²) in [6.45, 7) is 1.85. The largest absolute Gasteiger partial charge is 0.522 e. The number of carbonyl (C=O) groups is 1. The van der Waals surface area contributed by atoms with Crippen molar-refractivity contribution in [3.63, 3.8) is 0 Å². The van der Waals surface area contributed by atoms with Crippen LogP contribution in [-0.2, 0) is 9.53 Å². The number of hydrogen-bond donors (Lipinski definition) is 1. The number of hydrogen-bond acceptors (Lipinski definition) is 3. The number of ether oxygens (including phenoxy) is 1. The third-order valence-corrected chi connectivity index (χ3v) is 2.85. The van der Waals surface area contributed by atoms with E-state index in [0.717, 1.165) is 0 Å². The number of likely N-dealkylation sites (tertiary alicyclic amines) is 1. The van der Waals surface area contributed by atoms with Gasteiger partial charge in [0.25, 0.3) is 0 Å². The minimum absolute atomic E-state index is 0.102. The Balaban J connectivity index is 2.32. The molecule has 0 amide bonds. The van der Waals surface area contributed by atoms with Gasteiger partial charge in [0.1, 0.15) is 0 Å². The summed E-state index contributed by atoms with van der Waals surface area (Å²) in [5.41, 5.74) is 0. The SMILES string of the molecule is CC1C(C(=O)O)CCN1CCOC(F)(F)F. The normalized spacial score (nSPS) is 27.2. The maximum Gasteiger partial charge on any atom is 0.522 e. The summed E-state index contributed by atoms with van der Waals surface area (Å²) in [7, 11) is 0. The summed E-state index contributed by atoms with van der Waals surface area (Å²) in [4.78, 5) is 12.5. The van der Waals surface area contributed by atoms with Gasteiger partial charge in [-0.15, -0.1) is 13.2 Å². The van der Waals surface area contributed by atoms with Crippen molar-refractivity contribution < 1.29 is 27.8 Å². The molecule has 16 heavy (non-hydrogen) atoms. The van der Waals surface area contributed by atoms with Crippen molar-refractivity contribution >= 4 is 5.97 Å². The highest BCUT2D eigenvalue weighted by molar-refractivity contribution is 5.71. The van der Waals surface area contributed by atoms with Crippen LogP contribution in [0.5, 0.6) is 0 Å². The van der Waals surface area contributed by atoms with E-state index >= 15 is 0 Å². The Morgan fingerprint density at radius 1 is 1.56 bits per heavy atom. The van der Waals surface area contributed by atoms with Crippen LogP contribution in [0.2, 0.25) is 0 Å². The average Bonchev–Trinajstić information content (AvgIpc) is 2.46. The smallest absolute Gasteiger partial charge is 0.481 e. The Hall–Kier alpha value is -0.820. The van der Waals surface area contributed by atoms with Crippen molar-refractivity contribution in [2.24, 2.45) is 5.92 Å². The Kier molecular flexibility index (Phi) is 4.15. The topological polar surface area (TPSA) is 49.8 Å². The number of rotatable bonds is 4. The quantitative estimate of drug-likeness (QED) is 0.806. The molecule has 0 bridgehead atoms. The number of carboxylic acids is 1. The Bertz CT molecular complexity index is 257. The van der Waals surface area contributed by atoms with Crippen LogP contribution in [0.3, 0.4) is 0 Å². The van der Waals surface area contributed by atoms with Crippen molar-refractivity contribution in [2.45, 2.75) is 25.7 Å². The Morgan fingerprint density at radius 2 is 2.19 bits per heavy atom. The zero-order valence-corrected chi connectivity index (χ0v) is 8.83. The van der Waals surface area contributed by atoms with Gasteiger partial charge in [0, 0.05) is 12.6 Å². The zero-order valence-electron chi connectivity index (χ0n) is 8.83. The molecule has 4 nitrogen and oxygen atoms in total. The standard InChI is InChI=1S/C9H14F3NO3/c1-6-7(8(14)15)2-3-13(6)4-5-16-9(10,11)12/h6-7H,2-5H2,1H3,(H,14,15). The van der Waals surface area contributed by atoms with Crippen molar-refractivity contribution in [2.75, 3.05) is 19.7 Å². The Morgan fingerprint density at radius 3 is 2.62 bits per heavy atom. The molecule has 0 aliphatic carbocycles. The summed E-state index contributed by atoms with van der Waals surface area (Å²) in [6.07, 6.45) is -4.14. The molecule has 0 spiro atoms. The van der Waals surface area contributed by atoms with Crippen molar-refractivity contribution in [1.29, 1.82) is 0 Å². The van der Waals surface area contributed by atoms with Gasteiger partial charge in [0.15, 0.2) is 0 Å². The van der Waals surface area contributed by atoms with Crippen LogP contribution in [0.15, 0.2) is 0 Å². The van der Waals surface area contributed by atoms with Gasteiger partial charge < -0.3 is 5.11 Å². The lowest BCUT2D eigenvalue weighted by atomic mass is 10.0. The van der Waals surface area contributed by atoms with E-state index in [4.69, 9.17) is 5.11 Å². The van der Waals surface area contributed by atoms with E-state index in [9.17, 15) is 18.0 Å². The zero-order chi connectivity index (χ0) is 12.3. The lowest BCUT2D eigenvalue weighted by Crippen LogP contribution is -2.36. The Labute approximate surface area is 91.0 Å². The third kappa shape index (κ3) is 3.64. The second kappa shape index (κ2) is 5.01. The highest BCUT2D eigenvalue weighted by Gasteiger charge is 2.36. The number of nitrogens with zero attached hydrogens (tertiary/aromatic N) is 1. The van der Waals surface area contributed by atoms with Crippen LogP contribution in [0.25, 0.3) is 0 Å². The second-order valence-corrected chi connectivity index (χ2v) is 3.80. The predicted molar refractivity (Wildman–Crippen MR) is 48.8 cm³/mol. The summed E-state index contributed by atoms with van der Waals surface area (Å²) >= 11 is 0. The molecule has 2 atom stereocenters. The van der Waals surface area contributed by atoms with E-state index in [1.165, 1.54) is 0 Å². The number of carboxylic acid groups (broad SMARTS) is 1. The van der Waals surface area contributed by atoms with Gasteiger partial charge in [-0.3, -0.25) is 14.4 Å². The van der Waals surface area contributed by atoms with Crippen molar-refractivity contribution in [3.8, 4) is 0 Å². The fourth-order valence-corrected chi connectivity index (χ4v) is 1.93. The fraction of sp³-hybridized carbons (Fsp3) is 0.889. The molecule has 0 saturated carbocycles. The van der Waals surface area contributed by atoms with Crippen molar-refractivity contribution in [3.05, 3.63) is 0 Å². The number of alkyl halides is 3. The molecule has 2 unspecified atom stereocenters. The fourth-order valence-electron chi connectivity index (χ4n) is 1.93. The average molecular weight is 241 g/mol. The van der Waals surface area contributed by atoms with Crippen LogP contribution < -0.4 is 0 Å². The molecule has 0 aromatic rings. The summed E-state index contributed by atoms with van der Waals surface area (Å²) in [5, 5.41) is 8.82. The minimum Gasteiger partial charge on any atom is -0.481 e.